The zero-order valence-corrected chi connectivity index (χ0v) is 9.32. The lowest BCUT2D eigenvalue weighted by molar-refractivity contribution is -0.118. The number of aryl methyl sites for hydroxylation is 1. The van der Waals surface area contributed by atoms with Crippen molar-refractivity contribution < 1.29 is 4.79 Å². The summed E-state index contributed by atoms with van der Waals surface area (Å²) in [4.78, 5) is 10.9. The molecule has 76 valence electrons. The minimum atomic E-state index is -0.166. The van der Waals surface area contributed by atoms with Crippen LogP contribution in [0.15, 0.2) is 18.2 Å². The van der Waals surface area contributed by atoms with E-state index in [2.05, 4.69) is 5.32 Å². The van der Waals surface area contributed by atoms with Gasteiger partial charge in [-0.3, -0.25) is 4.79 Å². The molecule has 0 bridgehead atoms. The number of carbonyl (C=O) groups is 1. The Balaban J connectivity index is 2.63. The molecular weight excluding hydrogens is 221 g/mol. The van der Waals surface area contributed by atoms with E-state index in [-0.39, 0.29) is 11.8 Å². The monoisotopic (exact) mass is 231 g/mol. The molecule has 0 unspecified atom stereocenters. The summed E-state index contributed by atoms with van der Waals surface area (Å²) in [5.41, 5.74) is 2.11. The third kappa shape index (κ3) is 3.20. The molecule has 0 atom stereocenters. The van der Waals surface area contributed by atoms with Crippen LogP contribution in [0.5, 0.6) is 0 Å². The zero-order valence-electron chi connectivity index (χ0n) is 7.81. The molecule has 1 rings (SSSR count). The van der Waals surface area contributed by atoms with Gasteiger partial charge in [0.1, 0.15) is 5.88 Å². The van der Waals surface area contributed by atoms with Crippen LogP contribution in [0.1, 0.15) is 11.1 Å². The molecule has 0 aliphatic carbocycles. The van der Waals surface area contributed by atoms with Crippen molar-refractivity contribution in [3.63, 3.8) is 0 Å². The lowest BCUT2D eigenvalue weighted by atomic mass is 10.1. The topological polar surface area (TPSA) is 29.1 Å². The molecule has 4 heteroatoms. The lowest BCUT2D eigenvalue weighted by Crippen LogP contribution is -2.24. The van der Waals surface area contributed by atoms with Crippen molar-refractivity contribution in [3.8, 4) is 0 Å². The Labute approximate surface area is 93.2 Å². The second kappa shape index (κ2) is 5.23. The molecular formula is C10H11Cl2NO. The number of alkyl halides is 1. The van der Waals surface area contributed by atoms with E-state index in [1.54, 1.807) is 6.07 Å². The number of benzene rings is 1. The van der Waals surface area contributed by atoms with E-state index in [4.69, 9.17) is 23.2 Å². The van der Waals surface area contributed by atoms with Crippen LogP contribution in [0, 0.1) is 6.92 Å². The van der Waals surface area contributed by atoms with E-state index in [1.165, 1.54) is 0 Å². The van der Waals surface area contributed by atoms with E-state index in [1.807, 2.05) is 19.1 Å². The van der Waals surface area contributed by atoms with Crippen molar-refractivity contribution in [2.45, 2.75) is 13.5 Å². The van der Waals surface area contributed by atoms with E-state index in [0.29, 0.717) is 11.6 Å². The number of carbonyl (C=O) groups excluding carboxylic acids is 1. The average molecular weight is 232 g/mol. The molecule has 0 spiro atoms. The molecule has 1 N–H and O–H groups in total. The normalized spacial score (nSPS) is 9.93. The summed E-state index contributed by atoms with van der Waals surface area (Å²) in [6, 6.07) is 5.56. The molecule has 0 heterocycles. The highest BCUT2D eigenvalue weighted by Gasteiger charge is 2.01. The summed E-state index contributed by atoms with van der Waals surface area (Å²) >= 11 is 11.1. The first-order valence-corrected chi connectivity index (χ1v) is 5.12. The smallest absolute Gasteiger partial charge is 0.235 e. The average Bonchev–Trinajstić information content (AvgIpc) is 2.16. The highest BCUT2D eigenvalue weighted by Crippen LogP contribution is 2.14. The third-order valence-electron chi connectivity index (χ3n) is 1.90. The number of halogens is 2. The minimum Gasteiger partial charge on any atom is -0.351 e. The van der Waals surface area contributed by atoms with Crippen molar-refractivity contribution in [1.29, 1.82) is 0 Å². The van der Waals surface area contributed by atoms with Crippen LogP contribution in [0.2, 0.25) is 5.02 Å². The maximum atomic E-state index is 10.9. The highest BCUT2D eigenvalue weighted by atomic mass is 35.5. The standard InChI is InChI=1S/C10H11Cl2NO/c1-7-4-9(12)3-2-8(7)6-13-10(14)5-11/h2-4H,5-6H2,1H3,(H,13,14). The summed E-state index contributed by atoms with van der Waals surface area (Å²) in [6.07, 6.45) is 0. The number of rotatable bonds is 3. The predicted molar refractivity (Wildman–Crippen MR) is 58.8 cm³/mol. The van der Waals surface area contributed by atoms with Crippen molar-refractivity contribution in [3.05, 3.63) is 34.3 Å². The van der Waals surface area contributed by atoms with Crippen LogP contribution in [0.4, 0.5) is 0 Å². The molecule has 0 aliphatic heterocycles. The first kappa shape index (κ1) is 11.3. The second-order valence-corrected chi connectivity index (χ2v) is 3.68. The fourth-order valence-corrected chi connectivity index (χ4v) is 1.42. The van der Waals surface area contributed by atoms with Crippen molar-refractivity contribution >= 4 is 29.1 Å². The molecule has 0 fully saturated rings. The van der Waals surface area contributed by atoms with Gasteiger partial charge in [0.05, 0.1) is 0 Å². The predicted octanol–water partition coefficient (Wildman–Crippen LogP) is 2.50. The van der Waals surface area contributed by atoms with Gasteiger partial charge >= 0.3 is 0 Å². The van der Waals surface area contributed by atoms with Gasteiger partial charge in [-0.25, -0.2) is 0 Å². The van der Waals surface area contributed by atoms with E-state index < -0.39 is 0 Å². The molecule has 0 aromatic heterocycles. The molecule has 0 saturated heterocycles. The Morgan fingerprint density at radius 3 is 2.79 bits per heavy atom. The van der Waals surface area contributed by atoms with Gasteiger partial charge in [-0.2, -0.15) is 0 Å². The van der Waals surface area contributed by atoms with Crippen molar-refractivity contribution in [2.75, 3.05) is 5.88 Å². The van der Waals surface area contributed by atoms with Crippen LogP contribution in [-0.2, 0) is 11.3 Å². The number of hydrogen-bond acceptors (Lipinski definition) is 1. The second-order valence-electron chi connectivity index (χ2n) is 2.98. The summed E-state index contributed by atoms with van der Waals surface area (Å²) in [5.74, 6) is -0.173. The maximum Gasteiger partial charge on any atom is 0.235 e. The minimum absolute atomic E-state index is 0.00730. The molecule has 0 radical (unpaired) electrons. The SMILES string of the molecule is Cc1cc(Cl)ccc1CNC(=O)CCl. The summed E-state index contributed by atoms with van der Waals surface area (Å²) in [6.45, 7) is 2.45. The first-order chi connectivity index (χ1) is 6.63. The quantitative estimate of drug-likeness (QED) is 0.797. The molecule has 14 heavy (non-hydrogen) atoms. The van der Waals surface area contributed by atoms with Gasteiger partial charge in [-0.1, -0.05) is 17.7 Å². The Morgan fingerprint density at radius 1 is 1.50 bits per heavy atom. The van der Waals surface area contributed by atoms with Gasteiger partial charge in [0.25, 0.3) is 0 Å². The molecule has 0 aliphatic rings. The van der Waals surface area contributed by atoms with Gasteiger partial charge in [-0.05, 0) is 30.2 Å². The summed E-state index contributed by atoms with van der Waals surface area (Å²) in [7, 11) is 0. The van der Waals surface area contributed by atoms with E-state index in [0.717, 1.165) is 11.1 Å². The van der Waals surface area contributed by atoms with Crippen LogP contribution in [0.25, 0.3) is 0 Å². The van der Waals surface area contributed by atoms with Crippen LogP contribution < -0.4 is 5.32 Å². The van der Waals surface area contributed by atoms with E-state index in [9.17, 15) is 4.79 Å². The van der Waals surface area contributed by atoms with Gasteiger partial charge in [-0.15, -0.1) is 11.6 Å². The summed E-state index contributed by atoms with van der Waals surface area (Å²) in [5, 5.41) is 3.40. The first-order valence-electron chi connectivity index (χ1n) is 4.21. The van der Waals surface area contributed by atoms with Crippen LogP contribution >= 0.6 is 23.2 Å². The van der Waals surface area contributed by atoms with Crippen LogP contribution in [0.3, 0.4) is 0 Å². The fraction of sp³-hybridized carbons (Fsp3) is 0.300. The fourth-order valence-electron chi connectivity index (χ4n) is 1.10. The van der Waals surface area contributed by atoms with Gasteiger partial charge in [0.15, 0.2) is 0 Å². The van der Waals surface area contributed by atoms with E-state index >= 15 is 0 Å². The zero-order chi connectivity index (χ0) is 10.6. The Hall–Kier alpha value is -0.730. The number of amides is 1. The molecule has 1 aromatic rings. The lowest BCUT2D eigenvalue weighted by Gasteiger charge is -2.06. The molecule has 1 amide bonds. The van der Waals surface area contributed by atoms with Crippen LogP contribution in [-0.4, -0.2) is 11.8 Å². The Morgan fingerprint density at radius 2 is 2.21 bits per heavy atom. The highest BCUT2D eigenvalue weighted by molar-refractivity contribution is 6.30. The maximum absolute atomic E-state index is 10.9. The Bertz CT molecular complexity index is 339. The summed E-state index contributed by atoms with van der Waals surface area (Å²) < 4.78 is 0. The third-order valence-corrected chi connectivity index (χ3v) is 2.38. The number of hydrogen-bond donors (Lipinski definition) is 1. The number of nitrogens with one attached hydrogen (secondary N) is 1. The van der Waals surface area contributed by atoms with Crippen molar-refractivity contribution in [1.82, 2.24) is 5.32 Å². The molecule has 0 saturated carbocycles. The molecule has 2 nitrogen and oxygen atoms in total. The largest absolute Gasteiger partial charge is 0.351 e. The van der Waals surface area contributed by atoms with Gasteiger partial charge < -0.3 is 5.32 Å². The van der Waals surface area contributed by atoms with Gasteiger partial charge in [0.2, 0.25) is 5.91 Å². The van der Waals surface area contributed by atoms with Crippen molar-refractivity contribution in [2.24, 2.45) is 0 Å². The molecule has 1 aromatic carbocycles. The van der Waals surface area contributed by atoms with Gasteiger partial charge in [0, 0.05) is 11.6 Å². The Kier molecular flexibility index (Phi) is 4.23.